The first kappa shape index (κ1) is 15.3. The Morgan fingerprint density at radius 1 is 1.32 bits per heavy atom. The highest BCUT2D eigenvalue weighted by atomic mass is 19.1. The van der Waals surface area contributed by atoms with Crippen LogP contribution in [-0.4, -0.2) is 23.3 Å². The summed E-state index contributed by atoms with van der Waals surface area (Å²) in [5.41, 5.74) is 1.23. The average Bonchev–Trinajstić information content (AvgIpc) is 2.92. The molecule has 1 fully saturated rings. The van der Waals surface area contributed by atoms with Gasteiger partial charge in [0.05, 0.1) is 11.6 Å². The lowest BCUT2D eigenvalue weighted by Gasteiger charge is -2.28. The number of rotatable bonds is 3. The van der Waals surface area contributed by atoms with Gasteiger partial charge in [0, 0.05) is 6.54 Å². The summed E-state index contributed by atoms with van der Waals surface area (Å²) in [5.74, 6) is -0.229. The predicted octanol–water partition coefficient (Wildman–Crippen LogP) is 2.81. The Morgan fingerprint density at radius 3 is 2.86 bits per heavy atom. The molecule has 3 N–H and O–H groups in total. The van der Waals surface area contributed by atoms with Crippen molar-refractivity contribution in [1.29, 1.82) is 0 Å². The maximum Gasteiger partial charge on any atom is 0.315 e. The Labute approximate surface area is 130 Å². The molecule has 0 aromatic heterocycles. The lowest BCUT2D eigenvalue weighted by atomic mass is 9.87. The average molecular weight is 306 g/mol. The van der Waals surface area contributed by atoms with Gasteiger partial charge in [-0.15, -0.1) is 0 Å². The van der Waals surface area contributed by atoms with Crippen LogP contribution < -0.4 is 10.6 Å². The van der Waals surface area contributed by atoms with Gasteiger partial charge in [-0.05, 0) is 55.4 Å². The van der Waals surface area contributed by atoms with Crippen LogP contribution in [0, 0.1) is 5.82 Å². The van der Waals surface area contributed by atoms with Crippen molar-refractivity contribution in [2.45, 2.75) is 56.6 Å². The topological polar surface area (TPSA) is 61.4 Å². The lowest BCUT2D eigenvalue weighted by Crippen LogP contribution is -2.46. The Balaban J connectivity index is 1.58. The van der Waals surface area contributed by atoms with Crippen molar-refractivity contribution < 1.29 is 14.3 Å². The van der Waals surface area contributed by atoms with E-state index in [2.05, 4.69) is 10.6 Å². The second kappa shape index (κ2) is 6.24. The van der Waals surface area contributed by atoms with Crippen molar-refractivity contribution in [3.63, 3.8) is 0 Å². The van der Waals surface area contributed by atoms with Gasteiger partial charge in [-0.2, -0.15) is 0 Å². The van der Waals surface area contributed by atoms with Crippen LogP contribution in [0.3, 0.4) is 0 Å². The van der Waals surface area contributed by atoms with E-state index < -0.39 is 5.60 Å². The van der Waals surface area contributed by atoms with Crippen molar-refractivity contribution >= 4 is 6.03 Å². The Hall–Kier alpha value is -1.62. The van der Waals surface area contributed by atoms with Crippen molar-refractivity contribution in [3.8, 4) is 0 Å². The Kier molecular flexibility index (Phi) is 4.34. The summed E-state index contributed by atoms with van der Waals surface area (Å²) >= 11 is 0. The highest BCUT2D eigenvalue weighted by Crippen LogP contribution is 2.30. The number of carbonyl (C=O) groups is 1. The zero-order valence-electron chi connectivity index (χ0n) is 12.7. The molecule has 2 aliphatic rings. The summed E-state index contributed by atoms with van der Waals surface area (Å²) in [7, 11) is 0. The molecule has 0 saturated heterocycles. The highest BCUT2D eigenvalue weighted by molar-refractivity contribution is 5.74. The highest BCUT2D eigenvalue weighted by Gasteiger charge is 2.31. The molecule has 1 aromatic rings. The molecule has 4 nitrogen and oxygen atoms in total. The summed E-state index contributed by atoms with van der Waals surface area (Å²) in [6.07, 6.45) is 6.18. The quantitative estimate of drug-likeness (QED) is 0.804. The van der Waals surface area contributed by atoms with Crippen molar-refractivity contribution in [2.75, 3.05) is 6.54 Å². The molecule has 1 atom stereocenters. The van der Waals surface area contributed by atoms with Gasteiger partial charge in [0.15, 0.2) is 0 Å². The van der Waals surface area contributed by atoms with E-state index in [0.717, 1.165) is 56.1 Å². The number of aliphatic hydroxyl groups is 1. The third-order valence-electron chi connectivity index (χ3n) is 4.84. The molecule has 2 aliphatic carbocycles. The second-order valence-corrected chi connectivity index (χ2v) is 6.55. The molecule has 0 heterocycles. The molecule has 22 heavy (non-hydrogen) atoms. The number of amides is 2. The monoisotopic (exact) mass is 306 g/mol. The third-order valence-corrected chi connectivity index (χ3v) is 4.84. The van der Waals surface area contributed by atoms with Crippen molar-refractivity contribution in [3.05, 3.63) is 35.1 Å². The minimum atomic E-state index is -0.745. The zero-order valence-corrected chi connectivity index (χ0v) is 12.7. The SMILES string of the molecule is O=C(NCC1(O)CCCC1)NC1CCCc2cc(F)ccc21. The first-order valence-electron chi connectivity index (χ1n) is 8.11. The molecule has 2 amide bonds. The van der Waals surface area contributed by atoms with E-state index in [0.29, 0.717) is 6.54 Å². The number of nitrogens with one attached hydrogen (secondary N) is 2. The second-order valence-electron chi connectivity index (χ2n) is 6.55. The van der Waals surface area contributed by atoms with Crippen LogP contribution in [0.15, 0.2) is 18.2 Å². The summed E-state index contributed by atoms with van der Waals surface area (Å²) in [6.45, 7) is 0.293. The number of benzene rings is 1. The Morgan fingerprint density at radius 2 is 2.09 bits per heavy atom. The van der Waals surface area contributed by atoms with E-state index in [-0.39, 0.29) is 17.9 Å². The van der Waals surface area contributed by atoms with E-state index in [9.17, 15) is 14.3 Å². The van der Waals surface area contributed by atoms with Gasteiger partial charge in [-0.25, -0.2) is 9.18 Å². The van der Waals surface area contributed by atoms with Crippen LogP contribution in [0.25, 0.3) is 0 Å². The predicted molar refractivity (Wildman–Crippen MR) is 82.0 cm³/mol. The van der Waals surface area contributed by atoms with Crippen LogP contribution >= 0.6 is 0 Å². The number of halogens is 1. The van der Waals surface area contributed by atoms with Crippen LogP contribution in [0.4, 0.5) is 9.18 Å². The minimum absolute atomic E-state index is 0.0810. The molecule has 1 unspecified atom stereocenters. The molecular formula is C17H23FN2O2. The Bertz CT molecular complexity index is 556. The number of carbonyl (C=O) groups excluding carboxylic acids is 1. The minimum Gasteiger partial charge on any atom is -0.388 e. The number of hydrogen-bond acceptors (Lipinski definition) is 2. The summed E-state index contributed by atoms with van der Waals surface area (Å²) in [4.78, 5) is 12.1. The van der Waals surface area contributed by atoms with Gasteiger partial charge in [-0.3, -0.25) is 0 Å². The first-order valence-corrected chi connectivity index (χ1v) is 8.11. The van der Waals surface area contributed by atoms with Gasteiger partial charge < -0.3 is 15.7 Å². The molecule has 0 radical (unpaired) electrons. The standard InChI is InChI=1S/C17H23FN2O2/c18-13-6-7-14-12(10-13)4-3-5-15(14)20-16(21)19-11-17(22)8-1-2-9-17/h6-7,10,15,22H,1-5,8-9,11H2,(H2,19,20,21). The first-order chi connectivity index (χ1) is 10.6. The maximum atomic E-state index is 13.3. The van der Waals surface area contributed by atoms with Crippen LogP contribution in [0.1, 0.15) is 55.7 Å². The molecule has 1 saturated carbocycles. The molecular weight excluding hydrogens is 283 g/mol. The van der Waals surface area contributed by atoms with Gasteiger partial charge in [0.1, 0.15) is 5.82 Å². The van der Waals surface area contributed by atoms with Crippen molar-refractivity contribution in [1.82, 2.24) is 10.6 Å². The molecule has 5 heteroatoms. The van der Waals surface area contributed by atoms with E-state index in [1.165, 1.54) is 6.07 Å². The number of urea groups is 1. The molecule has 0 spiro atoms. The third kappa shape index (κ3) is 3.40. The largest absolute Gasteiger partial charge is 0.388 e. The van der Waals surface area contributed by atoms with Crippen molar-refractivity contribution in [2.24, 2.45) is 0 Å². The number of aryl methyl sites for hydroxylation is 1. The van der Waals surface area contributed by atoms with Crippen LogP contribution in [0.5, 0.6) is 0 Å². The van der Waals surface area contributed by atoms with E-state index in [1.807, 2.05) is 0 Å². The summed E-state index contributed by atoms with van der Waals surface area (Å²) in [6, 6.07) is 4.42. The zero-order chi connectivity index (χ0) is 15.6. The lowest BCUT2D eigenvalue weighted by molar-refractivity contribution is 0.0500. The summed E-state index contributed by atoms with van der Waals surface area (Å²) in [5, 5.41) is 16.0. The summed E-state index contributed by atoms with van der Waals surface area (Å²) < 4.78 is 13.3. The fourth-order valence-electron chi connectivity index (χ4n) is 3.60. The molecule has 1 aromatic carbocycles. The van der Waals surface area contributed by atoms with E-state index in [1.54, 1.807) is 12.1 Å². The van der Waals surface area contributed by atoms with Gasteiger partial charge in [0.2, 0.25) is 0 Å². The van der Waals surface area contributed by atoms with E-state index >= 15 is 0 Å². The number of fused-ring (bicyclic) bond motifs is 1. The van der Waals surface area contributed by atoms with Crippen LogP contribution in [-0.2, 0) is 6.42 Å². The molecule has 3 rings (SSSR count). The normalized spacial score (nSPS) is 22.9. The number of hydrogen-bond donors (Lipinski definition) is 3. The smallest absolute Gasteiger partial charge is 0.315 e. The molecule has 0 aliphatic heterocycles. The van der Waals surface area contributed by atoms with Gasteiger partial charge in [-0.1, -0.05) is 18.9 Å². The molecule has 120 valence electrons. The molecule has 0 bridgehead atoms. The van der Waals surface area contributed by atoms with Gasteiger partial charge in [0.25, 0.3) is 0 Å². The van der Waals surface area contributed by atoms with Crippen LogP contribution in [0.2, 0.25) is 0 Å². The fraction of sp³-hybridized carbons (Fsp3) is 0.588. The fourth-order valence-corrected chi connectivity index (χ4v) is 3.60. The van der Waals surface area contributed by atoms with E-state index in [4.69, 9.17) is 0 Å². The maximum absolute atomic E-state index is 13.3. The van der Waals surface area contributed by atoms with Gasteiger partial charge >= 0.3 is 6.03 Å².